The fourth-order valence-electron chi connectivity index (χ4n) is 1.49. The molecule has 0 aromatic heterocycles. The van der Waals surface area contributed by atoms with Crippen molar-refractivity contribution in [3.05, 3.63) is 24.3 Å². The summed E-state index contributed by atoms with van der Waals surface area (Å²) in [7, 11) is 0. The van der Waals surface area contributed by atoms with E-state index in [0.717, 1.165) is 6.54 Å². The molecule has 1 unspecified atom stereocenters. The fraction of sp³-hybridized carbons (Fsp3) is 0.417. The van der Waals surface area contributed by atoms with E-state index < -0.39 is 0 Å². The molecule has 4 nitrogen and oxygen atoms in total. The first-order valence-electron chi connectivity index (χ1n) is 5.44. The summed E-state index contributed by atoms with van der Waals surface area (Å²) in [5.74, 6) is 0.0941. The number of carbonyl (C=O) groups is 1. The standard InChI is InChI=1S/C12H18N2O2/c1-3-13-9(2)7-12(16)14-10-5-4-6-11(15)8-10/h4-6,8-9,13,15H,3,7H2,1-2H3,(H,14,16). The lowest BCUT2D eigenvalue weighted by molar-refractivity contribution is -0.116. The predicted molar refractivity (Wildman–Crippen MR) is 64.5 cm³/mol. The topological polar surface area (TPSA) is 61.4 Å². The first-order valence-corrected chi connectivity index (χ1v) is 5.44. The van der Waals surface area contributed by atoms with E-state index in [1.165, 1.54) is 6.07 Å². The number of anilines is 1. The highest BCUT2D eigenvalue weighted by Crippen LogP contribution is 2.15. The van der Waals surface area contributed by atoms with Gasteiger partial charge in [0.1, 0.15) is 5.75 Å². The molecule has 4 heteroatoms. The van der Waals surface area contributed by atoms with Crippen LogP contribution in [0.15, 0.2) is 24.3 Å². The molecule has 0 aliphatic heterocycles. The second kappa shape index (κ2) is 6.12. The summed E-state index contributed by atoms with van der Waals surface area (Å²) < 4.78 is 0. The van der Waals surface area contributed by atoms with E-state index >= 15 is 0 Å². The SMILES string of the molecule is CCNC(C)CC(=O)Nc1cccc(O)c1. The quantitative estimate of drug-likeness (QED) is 0.711. The van der Waals surface area contributed by atoms with Gasteiger partial charge in [0.05, 0.1) is 0 Å². The Hall–Kier alpha value is -1.55. The van der Waals surface area contributed by atoms with Gasteiger partial charge in [0, 0.05) is 24.2 Å². The van der Waals surface area contributed by atoms with Crippen molar-refractivity contribution in [3.8, 4) is 5.75 Å². The molecule has 0 aliphatic rings. The molecule has 0 heterocycles. The summed E-state index contributed by atoms with van der Waals surface area (Å²) in [6.45, 7) is 4.82. The molecular formula is C12H18N2O2. The lowest BCUT2D eigenvalue weighted by Crippen LogP contribution is -2.30. The maximum atomic E-state index is 11.6. The van der Waals surface area contributed by atoms with E-state index in [-0.39, 0.29) is 17.7 Å². The molecule has 0 bridgehead atoms. The third-order valence-electron chi connectivity index (χ3n) is 2.17. The second-order valence-electron chi connectivity index (χ2n) is 3.76. The molecule has 1 rings (SSSR count). The number of carbonyl (C=O) groups excluding carboxylic acids is 1. The van der Waals surface area contributed by atoms with Crippen LogP contribution in [0.1, 0.15) is 20.3 Å². The smallest absolute Gasteiger partial charge is 0.225 e. The van der Waals surface area contributed by atoms with Crippen LogP contribution in [-0.2, 0) is 4.79 Å². The van der Waals surface area contributed by atoms with E-state index in [9.17, 15) is 9.90 Å². The van der Waals surface area contributed by atoms with Gasteiger partial charge in [0.2, 0.25) is 5.91 Å². The number of benzene rings is 1. The van der Waals surface area contributed by atoms with Crippen molar-refractivity contribution < 1.29 is 9.90 Å². The number of aromatic hydroxyl groups is 1. The molecule has 1 aromatic carbocycles. The van der Waals surface area contributed by atoms with Gasteiger partial charge in [-0.3, -0.25) is 4.79 Å². The molecule has 1 aromatic rings. The van der Waals surface area contributed by atoms with Crippen molar-refractivity contribution in [2.45, 2.75) is 26.3 Å². The number of hydrogen-bond acceptors (Lipinski definition) is 3. The van der Waals surface area contributed by atoms with Crippen molar-refractivity contribution >= 4 is 11.6 Å². The first kappa shape index (κ1) is 12.5. The number of amides is 1. The van der Waals surface area contributed by atoms with Crippen LogP contribution in [0.5, 0.6) is 5.75 Å². The van der Waals surface area contributed by atoms with E-state index in [4.69, 9.17) is 0 Å². The highest BCUT2D eigenvalue weighted by atomic mass is 16.3. The van der Waals surface area contributed by atoms with E-state index in [2.05, 4.69) is 10.6 Å². The van der Waals surface area contributed by atoms with Crippen molar-refractivity contribution in [3.63, 3.8) is 0 Å². The van der Waals surface area contributed by atoms with E-state index in [1.807, 2.05) is 13.8 Å². The molecule has 0 fully saturated rings. The van der Waals surface area contributed by atoms with Gasteiger partial charge < -0.3 is 15.7 Å². The minimum Gasteiger partial charge on any atom is -0.508 e. The molecule has 1 atom stereocenters. The Morgan fingerprint density at radius 1 is 1.50 bits per heavy atom. The highest BCUT2D eigenvalue weighted by molar-refractivity contribution is 5.91. The lowest BCUT2D eigenvalue weighted by atomic mass is 10.2. The van der Waals surface area contributed by atoms with E-state index in [0.29, 0.717) is 12.1 Å². The highest BCUT2D eigenvalue weighted by Gasteiger charge is 2.07. The predicted octanol–water partition coefficient (Wildman–Crippen LogP) is 1.72. The summed E-state index contributed by atoms with van der Waals surface area (Å²) in [6.07, 6.45) is 0.420. The zero-order chi connectivity index (χ0) is 12.0. The monoisotopic (exact) mass is 222 g/mol. The average Bonchev–Trinajstić information content (AvgIpc) is 2.17. The fourth-order valence-corrected chi connectivity index (χ4v) is 1.49. The average molecular weight is 222 g/mol. The van der Waals surface area contributed by atoms with Crippen molar-refractivity contribution in [2.24, 2.45) is 0 Å². The Balaban J connectivity index is 2.45. The van der Waals surface area contributed by atoms with Gasteiger partial charge in [-0.25, -0.2) is 0 Å². The minimum absolute atomic E-state index is 0.0564. The lowest BCUT2D eigenvalue weighted by Gasteiger charge is -2.12. The summed E-state index contributed by atoms with van der Waals surface area (Å²) in [5, 5.41) is 15.1. The van der Waals surface area contributed by atoms with Gasteiger partial charge in [-0.05, 0) is 25.6 Å². The molecule has 1 amide bonds. The molecule has 0 spiro atoms. The Morgan fingerprint density at radius 3 is 2.88 bits per heavy atom. The summed E-state index contributed by atoms with van der Waals surface area (Å²) in [5.41, 5.74) is 0.619. The largest absolute Gasteiger partial charge is 0.508 e. The normalized spacial score (nSPS) is 12.1. The maximum absolute atomic E-state index is 11.6. The van der Waals surface area contributed by atoms with Crippen LogP contribution in [0.3, 0.4) is 0 Å². The number of nitrogens with one attached hydrogen (secondary N) is 2. The van der Waals surface area contributed by atoms with E-state index in [1.54, 1.807) is 18.2 Å². The third kappa shape index (κ3) is 4.31. The zero-order valence-corrected chi connectivity index (χ0v) is 9.66. The summed E-state index contributed by atoms with van der Waals surface area (Å²) in [4.78, 5) is 11.6. The first-order chi connectivity index (χ1) is 7.61. The van der Waals surface area contributed by atoms with Gasteiger partial charge in [-0.2, -0.15) is 0 Å². The van der Waals surface area contributed by atoms with Gasteiger partial charge in [-0.15, -0.1) is 0 Å². The number of phenolic OH excluding ortho intramolecular Hbond substituents is 1. The van der Waals surface area contributed by atoms with Gasteiger partial charge >= 0.3 is 0 Å². The Bertz CT molecular complexity index is 353. The Labute approximate surface area is 95.7 Å². The van der Waals surface area contributed by atoms with Gasteiger partial charge in [0.15, 0.2) is 0 Å². The zero-order valence-electron chi connectivity index (χ0n) is 9.66. The Kier molecular flexibility index (Phi) is 4.79. The molecule has 0 saturated heterocycles. The van der Waals surface area contributed by atoms with Crippen molar-refractivity contribution in [1.82, 2.24) is 5.32 Å². The second-order valence-corrected chi connectivity index (χ2v) is 3.76. The van der Waals surface area contributed by atoms with Crippen LogP contribution in [0, 0.1) is 0 Å². The van der Waals surface area contributed by atoms with Crippen LogP contribution in [0.2, 0.25) is 0 Å². The molecule has 0 aliphatic carbocycles. The van der Waals surface area contributed by atoms with Gasteiger partial charge in [-0.1, -0.05) is 13.0 Å². The summed E-state index contributed by atoms with van der Waals surface area (Å²) >= 11 is 0. The van der Waals surface area contributed by atoms with Crippen molar-refractivity contribution in [1.29, 1.82) is 0 Å². The van der Waals surface area contributed by atoms with Crippen LogP contribution in [-0.4, -0.2) is 23.6 Å². The molecule has 88 valence electrons. The number of hydrogen-bond donors (Lipinski definition) is 3. The number of phenols is 1. The summed E-state index contributed by atoms with van der Waals surface area (Å²) in [6, 6.07) is 6.68. The minimum atomic E-state index is -0.0564. The van der Waals surface area contributed by atoms with Gasteiger partial charge in [0.25, 0.3) is 0 Å². The molecule has 0 saturated carbocycles. The number of rotatable bonds is 5. The molecule has 16 heavy (non-hydrogen) atoms. The third-order valence-corrected chi connectivity index (χ3v) is 2.17. The molecular weight excluding hydrogens is 204 g/mol. The van der Waals surface area contributed by atoms with Crippen LogP contribution in [0.4, 0.5) is 5.69 Å². The molecule has 0 radical (unpaired) electrons. The maximum Gasteiger partial charge on any atom is 0.225 e. The van der Waals surface area contributed by atoms with Crippen LogP contribution in [0.25, 0.3) is 0 Å². The Morgan fingerprint density at radius 2 is 2.25 bits per heavy atom. The van der Waals surface area contributed by atoms with Crippen LogP contribution < -0.4 is 10.6 Å². The van der Waals surface area contributed by atoms with Crippen molar-refractivity contribution in [2.75, 3.05) is 11.9 Å². The van der Waals surface area contributed by atoms with Crippen LogP contribution >= 0.6 is 0 Å². The molecule has 3 N–H and O–H groups in total.